The quantitative estimate of drug-likeness (QED) is 0.476. The van der Waals surface area contributed by atoms with Gasteiger partial charge in [0.25, 0.3) is 0 Å². The molecule has 0 radical (unpaired) electrons. The number of carboxylic acids is 2. The summed E-state index contributed by atoms with van der Waals surface area (Å²) in [7, 11) is 0. The molecule has 0 aliphatic heterocycles. The number of aliphatic carboxylic acids is 2. The Morgan fingerprint density at radius 2 is 1.53 bits per heavy atom. The molecule has 5 heteroatoms. The van der Waals surface area contributed by atoms with E-state index in [1.54, 1.807) is 0 Å². The SMILES string of the molecule is O=C([O-])CCCCCCCC(O)C(=O)[O-]. The number of carboxylic acid groups (broad SMARTS) is 2. The van der Waals surface area contributed by atoms with Crippen molar-refractivity contribution in [2.45, 2.75) is 51.0 Å². The Hall–Kier alpha value is -1.10. The van der Waals surface area contributed by atoms with Crippen LogP contribution in [0.1, 0.15) is 44.9 Å². The van der Waals surface area contributed by atoms with E-state index in [0.717, 1.165) is 19.3 Å². The fourth-order valence-electron chi connectivity index (χ4n) is 1.26. The molecule has 0 aromatic rings. The van der Waals surface area contributed by atoms with Crippen LogP contribution in [-0.2, 0) is 9.59 Å². The summed E-state index contributed by atoms with van der Waals surface area (Å²) >= 11 is 0. The maximum atomic E-state index is 10.1. The van der Waals surface area contributed by atoms with Gasteiger partial charge in [-0.1, -0.05) is 25.7 Å². The highest BCUT2D eigenvalue weighted by molar-refractivity contribution is 5.69. The average Bonchev–Trinajstić information content (AvgIpc) is 2.15. The van der Waals surface area contributed by atoms with E-state index < -0.39 is 18.0 Å². The molecule has 0 aromatic carbocycles. The van der Waals surface area contributed by atoms with Crippen LogP contribution >= 0.6 is 0 Å². The second kappa shape index (κ2) is 8.23. The Morgan fingerprint density at radius 1 is 1.00 bits per heavy atom. The van der Waals surface area contributed by atoms with Gasteiger partial charge in [-0.25, -0.2) is 0 Å². The largest absolute Gasteiger partial charge is 0.550 e. The third kappa shape index (κ3) is 9.21. The molecule has 0 aromatic heterocycles. The molecule has 0 fully saturated rings. The van der Waals surface area contributed by atoms with Gasteiger partial charge in [0.2, 0.25) is 0 Å². The topological polar surface area (TPSA) is 100 Å². The number of carbonyl (C=O) groups excluding carboxylic acids is 2. The van der Waals surface area contributed by atoms with Crippen LogP contribution in [0.15, 0.2) is 0 Å². The molecular formula is C10H16O5-2. The number of carbonyl (C=O) groups is 2. The first-order chi connectivity index (χ1) is 7.04. The third-order valence-corrected chi connectivity index (χ3v) is 2.13. The Balaban J connectivity index is 3.18. The van der Waals surface area contributed by atoms with E-state index in [1.165, 1.54) is 0 Å². The molecule has 0 saturated heterocycles. The maximum Gasteiger partial charge on any atom is 0.0933 e. The number of unbranched alkanes of at least 4 members (excludes halogenated alkanes) is 4. The lowest BCUT2D eigenvalue weighted by molar-refractivity contribution is -0.315. The molecule has 0 aliphatic carbocycles. The van der Waals surface area contributed by atoms with E-state index in [1.807, 2.05) is 0 Å². The number of aliphatic hydroxyl groups excluding tert-OH is 1. The fourth-order valence-corrected chi connectivity index (χ4v) is 1.26. The van der Waals surface area contributed by atoms with Crippen molar-refractivity contribution in [3.63, 3.8) is 0 Å². The lowest BCUT2D eigenvalue weighted by Crippen LogP contribution is -2.35. The van der Waals surface area contributed by atoms with Gasteiger partial charge in [0.1, 0.15) is 0 Å². The van der Waals surface area contributed by atoms with Gasteiger partial charge in [-0.2, -0.15) is 0 Å². The van der Waals surface area contributed by atoms with Gasteiger partial charge < -0.3 is 24.9 Å². The molecular weight excluding hydrogens is 200 g/mol. The standard InChI is InChI=1S/C10H18O5/c11-8(10(14)15)6-4-2-1-3-5-7-9(12)13/h8,11H,1-7H2,(H,12,13)(H,14,15)/p-2. The molecule has 88 valence electrons. The first-order valence-electron chi connectivity index (χ1n) is 5.13. The Labute approximate surface area is 88.7 Å². The molecule has 0 saturated carbocycles. The summed E-state index contributed by atoms with van der Waals surface area (Å²) in [6.45, 7) is 0. The molecule has 15 heavy (non-hydrogen) atoms. The zero-order valence-corrected chi connectivity index (χ0v) is 8.61. The number of aliphatic hydroxyl groups is 1. The molecule has 0 aliphatic rings. The first-order valence-corrected chi connectivity index (χ1v) is 5.13. The molecule has 0 amide bonds. The van der Waals surface area contributed by atoms with E-state index in [0.29, 0.717) is 12.8 Å². The van der Waals surface area contributed by atoms with Gasteiger partial charge in [0.15, 0.2) is 0 Å². The normalized spacial score (nSPS) is 12.3. The van der Waals surface area contributed by atoms with Crippen molar-refractivity contribution in [3.05, 3.63) is 0 Å². The van der Waals surface area contributed by atoms with Crippen LogP contribution in [-0.4, -0.2) is 23.1 Å². The zero-order valence-electron chi connectivity index (χ0n) is 8.61. The van der Waals surface area contributed by atoms with Crippen molar-refractivity contribution in [3.8, 4) is 0 Å². The summed E-state index contributed by atoms with van der Waals surface area (Å²) in [6, 6.07) is 0. The summed E-state index contributed by atoms with van der Waals surface area (Å²) in [4.78, 5) is 20.1. The molecule has 1 N–H and O–H groups in total. The van der Waals surface area contributed by atoms with Gasteiger partial charge in [-0.15, -0.1) is 0 Å². The second-order valence-corrected chi connectivity index (χ2v) is 3.51. The lowest BCUT2D eigenvalue weighted by atomic mass is 10.1. The summed E-state index contributed by atoms with van der Waals surface area (Å²) in [6.07, 6.45) is 2.50. The Kier molecular flexibility index (Phi) is 7.62. The number of rotatable bonds is 9. The summed E-state index contributed by atoms with van der Waals surface area (Å²) in [5, 5.41) is 29.0. The van der Waals surface area contributed by atoms with Crippen molar-refractivity contribution in [1.82, 2.24) is 0 Å². The molecule has 0 bridgehead atoms. The van der Waals surface area contributed by atoms with Crippen LogP contribution in [0.3, 0.4) is 0 Å². The predicted octanol–water partition coefficient (Wildman–Crippen LogP) is -1.42. The van der Waals surface area contributed by atoms with Gasteiger partial charge in [-0.3, -0.25) is 0 Å². The minimum absolute atomic E-state index is 0.0711. The van der Waals surface area contributed by atoms with Crippen LogP contribution in [0.2, 0.25) is 0 Å². The van der Waals surface area contributed by atoms with E-state index in [4.69, 9.17) is 5.11 Å². The van der Waals surface area contributed by atoms with Crippen molar-refractivity contribution >= 4 is 11.9 Å². The smallest absolute Gasteiger partial charge is 0.0933 e. The third-order valence-electron chi connectivity index (χ3n) is 2.13. The van der Waals surface area contributed by atoms with Crippen LogP contribution in [0.25, 0.3) is 0 Å². The monoisotopic (exact) mass is 216 g/mol. The molecule has 0 spiro atoms. The van der Waals surface area contributed by atoms with Crippen molar-refractivity contribution in [1.29, 1.82) is 0 Å². The highest BCUT2D eigenvalue weighted by Gasteiger charge is 2.03. The summed E-state index contributed by atoms with van der Waals surface area (Å²) in [5.41, 5.74) is 0. The second-order valence-electron chi connectivity index (χ2n) is 3.51. The number of hydrogen-bond donors (Lipinski definition) is 1. The highest BCUT2D eigenvalue weighted by atomic mass is 16.4. The molecule has 5 nitrogen and oxygen atoms in total. The maximum absolute atomic E-state index is 10.1. The van der Waals surface area contributed by atoms with E-state index in [9.17, 15) is 19.8 Å². The minimum atomic E-state index is -1.44. The Morgan fingerprint density at radius 3 is 2.07 bits per heavy atom. The van der Waals surface area contributed by atoms with Crippen molar-refractivity contribution in [2.75, 3.05) is 0 Å². The summed E-state index contributed by atoms with van der Waals surface area (Å²) < 4.78 is 0. The number of hydrogen-bond acceptors (Lipinski definition) is 5. The summed E-state index contributed by atoms with van der Waals surface area (Å²) in [5.74, 6) is -2.48. The molecule has 0 heterocycles. The van der Waals surface area contributed by atoms with Gasteiger partial charge in [0, 0.05) is 5.97 Å². The lowest BCUT2D eigenvalue weighted by Gasteiger charge is -2.10. The van der Waals surface area contributed by atoms with Gasteiger partial charge >= 0.3 is 0 Å². The first kappa shape index (κ1) is 13.9. The van der Waals surface area contributed by atoms with Crippen LogP contribution in [0, 0.1) is 0 Å². The van der Waals surface area contributed by atoms with Gasteiger partial charge in [0.05, 0.1) is 12.1 Å². The van der Waals surface area contributed by atoms with Crippen LogP contribution in [0.4, 0.5) is 0 Å². The zero-order chi connectivity index (χ0) is 11.7. The van der Waals surface area contributed by atoms with Crippen LogP contribution in [0.5, 0.6) is 0 Å². The van der Waals surface area contributed by atoms with Crippen LogP contribution < -0.4 is 10.2 Å². The fraction of sp³-hybridized carbons (Fsp3) is 0.800. The predicted molar refractivity (Wildman–Crippen MR) is 48.3 cm³/mol. The van der Waals surface area contributed by atoms with Crippen molar-refractivity contribution in [2.24, 2.45) is 0 Å². The molecule has 1 atom stereocenters. The highest BCUT2D eigenvalue weighted by Crippen LogP contribution is 2.08. The van der Waals surface area contributed by atoms with E-state index in [-0.39, 0.29) is 12.8 Å². The molecule has 1 unspecified atom stereocenters. The Bertz CT molecular complexity index is 202. The average molecular weight is 216 g/mol. The minimum Gasteiger partial charge on any atom is -0.550 e. The van der Waals surface area contributed by atoms with E-state index in [2.05, 4.69) is 0 Å². The molecule has 0 rings (SSSR count). The van der Waals surface area contributed by atoms with E-state index >= 15 is 0 Å². The van der Waals surface area contributed by atoms with Gasteiger partial charge in [-0.05, 0) is 19.3 Å². The van der Waals surface area contributed by atoms with Crippen molar-refractivity contribution < 1.29 is 24.9 Å².